The first-order chi connectivity index (χ1) is 22.8. The molecule has 0 N–H and O–H groups in total. The molecule has 0 spiro atoms. The fourth-order valence-electron chi connectivity index (χ4n) is 5.08. The molecule has 0 radical (unpaired) electrons. The zero-order chi connectivity index (χ0) is 32.5. The Bertz CT molecular complexity index is 2080. The normalized spacial score (nSPS) is 15.3. The van der Waals surface area contributed by atoms with E-state index in [4.69, 9.17) is 73.5 Å². The van der Waals surface area contributed by atoms with Gasteiger partial charge in [-0.25, -0.2) is 0 Å². The van der Waals surface area contributed by atoms with Crippen molar-refractivity contribution < 1.29 is 27.1 Å². The third-order valence-corrected chi connectivity index (χ3v) is 8.66. The van der Waals surface area contributed by atoms with Crippen molar-refractivity contribution in [2.24, 2.45) is 0 Å². The topological polar surface area (TPSA) is 123 Å². The van der Waals surface area contributed by atoms with Gasteiger partial charge >= 0.3 is 0 Å². The molecule has 2 aliphatic carbocycles. The predicted octanol–water partition coefficient (Wildman–Crippen LogP) is 10.3. The molecule has 1 aromatic carbocycles. The van der Waals surface area contributed by atoms with Gasteiger partial charge in [0.1, 0.15) is 23.0 Å². The number of furan rings is 2. The molecule has 0 saturated heterocycles. The molecule has 4 aromatic heterocycles. The average Bonchev–Trinajstić information content (AvgIpc) is 3.86. The van der Waals surface area contributed by atoms with Gasteiger partial charge in [-0.1, -0.05) is 46.4 Å². The molecule has 10 nitrogen and oxygen atoms in total. The summed E-state index contributed by atoms with van der Waals surface area (Å²) in [5.41, 5.74) is 3.03. The van der Waals surface area contributed by atoms with Crippen LogP contribution in [-0.2, 0) is 13.2 Å². The highest BCUT2D eigenvalue weighted by molar-refractivity contribution is 6.37. The van der Waals surface area contributed by atoms with Crippen LogP contribution < -0.4 is 9.47 Å². The number of allylic oxidation sites excluding steroid dienone is 8. The highest BCUT2D eigenvalue weighted by atomic mass is 35.5. The van der Waals surface area contributed by atoms with E-state index in [1.807, 2.05) is 25.1 Å². The Morgan fingerprint density at radius 2 is 1.19 bits per heavy atom. The lowest BCUT2D eigenvalue weighted by Crippen LogP contribution is -1.98. The smallest absolute Gasteiger partial charge is 0.283 e. The maximum atomic E-state index is 6.45. The van der Waals surface area contributed by atoms with Crippen molar-refractivity contribution in [3.8, 4) is 34.8 Å². The van der Waals surface area contributed by atoms with Crippen LogP contribution in [0, 0.1) is 0 Å². The molecule has 47 heavy (non-hydrogen) atoms. The Morgan fingerprint density at radius 3 is 1.81 bits per heavy atom. The summed E-state index contributed by atoms with van der Waals surface area (Å²) in [7, 11) is 0. The molecule has 0 unspecified atom stereocenters. The Morgan fingerprint density at radius 1 is 0.617 bits per heavy atom. The van der Waals surface area contributed by atoms with E-state index >= 15 is 0 Å². The number of nitrogens with zero attached hydrogens (tertiary/aromatic N) is 4. The predicted molar refractivity (Wildman–Crippen MR) is 176 cm³/mol. The summed E-state index contributed by atoms with van der Waals surface area (Å²) in [6, 6.07) is 12.2. The summed E-state index contributed by atoms with van der Waals surface area (Å²) in [5.74, 6) is 4.10. The zero-order valence-corrected chi connectivity index (χ0v) is 27.7. The molecule has 0 atom stereocenters. The van der Waals surface area contributed by atoms with Crippen LogP contribution in [0.4, 0.5) is 0 Å². The molecule has 5 aromatic rings. The van der Waals surface area contributed by atoms with E-state index in [9.17, 15) is 0 Å². The standard InChI is InChI=1S/C33H24Cl4N4O6/c1-17-12-18(34)2-5-21(17)25-8-10-28(44-25)32-41-39-31(47-32)16-43-27-7-4-20(14-24(27)37)42-15-30-38-40-33(46-30)29-11-9-26(45-29)22-6-3-19(35)13-23(22)36/h4,7-14H,2-3,5-6,15-16H2,1H3. The maximum absolute atomic E-state index is 6.45. The molecule has 0 aliphatic heterocycles. The summed E-state index contributed by atoms with van der Waals surface area (Å²) >= 11 is 25.0. The lowest BCUT2D eigenvalue weighted by molar-refractivity contribution is 0.257. The molecule has 0 bridgehead atoms. The molecule has 0 saturated carbocycles. The van der Waals surface area contributed by atoms with Gasteiger partial charge in [0, 0.05) is 26.7 Å². The van der Waals surface area contributed by atoms with Crippen LogP contribution in [0.2, 0.25) is 5.02 Å². The minimum atomic E-state index is 0.00123. The summed E-state index contributed by atoms with van der Waals surface area (Å²) in [6.45, 7) is 2.02. The van der Waals surface area contributed by atoms with Crippen molar-refractivity contribution in [3.05, 3.63) is 104 Å². The molecule has 7 rings (SSSR count). The number of hydrogen-bond acceptors (Lipinski definition) is 10. The Kier molecular flexibility index (Phi) is 9.00. The highest BCUT2D eigenvalue weighted by Crippen LogP contribution is 2.38. The summed E-state index contributed by atoms with van der Waals surface area (Å²) < 4.78 is 35.0. The molecule has 0 amide bonds. The van der Waals surface area contributed by atoms with Crippen LogP contribution in [0.25, 0.3) is 34.4 Å². The van der Waals surface area contributed by atoms with Crippen LogP contribution >= 0.6 is 46.4 Å². The van der Waals surface area contributed by atoms with E-state index in [1.165, 1.54) is 0 Å². The van der Waals surface area contributed by atoms with E-state index in [1.54, 1.807) is 36.4 Å². The summed E-state index contributed by atoms with van der Waals surface area (Å²) in [4.78, 5) is 0. The van der Waals surface area contributed by atoms with Gasteiger partial charge in [0.15, 0.2) is 24.7 Å². The first kappa shape index (κ1) is 31.4. The zero-order valence-electron chi connectivity index (χ0n) is 24.7. The molecule has 2 aliphatic rings. The Hall–Kier alpha value is -4.22. The van der Waals surface area contributed by atoms with Crippen molar-refractivity contribution in [2.45, 2.75) is 45.8 Å². The van der Waals surface area contributed by atoms with Gasteiger partial charge in [0.05, 0.1) is 5.02 Å². The van der Waals surface area contributed by atoms with E-state index in [-0.39, 0.29) is 36.8 Å². The maximum Gasteiger partial charge on any atom is 0.283 e. The first-order valence-electron chi connectivity index (χ1n) is 14.5. The third kappa shape index (κ3) is 7.06. The van der Waals surface area contributed by atoms with Crippen molar-refractivity contribution in [3.63, 3.8) is 0 Å². The molecule has 0 fully saturated rings. The number of rotatable bonds is 10. The fourth-order valence-corrected chi connectivity index (χ4v) is 6.14. The van der Waals surface area contributed by atoms with Crippen molar-refractivity contribution in [2.75, 3.05) is 0 Å². The Balaban J connectivity index is 0.932. The van der Waals surface area contributed by atoms with Crippen LogP contribution in [0.1, 0.15) is 55.9 Å². The third-order valence-electron chi connectivity index (χ3n) is 7.43. The quantitative estimate of drug-likeness (QED) is 0.138. The minimum absolute atomic E-state index is 0.00123. The van der Waals surface area contributed by atoms with E-state index < -0.39 is 0 Å². The van der Waals surface area contributed by atoms with Gasteiger partial charge in [-0.05, 0) is 92.3 Å². The van der Waals surface area contributed by atoms with Crippen molar-refractivity contribution in [1.82, 2.24) is 20.4 Å². The SMILES string of the molecule is CC1=C(c2ccc(-c3nnc(COc4ccc(OCc5nnc(-c6ccc(C7=C(Cl)C=C(Cl)CC7)o6)o5)cc4Cl)o3)o2)CCC(Cl)=C1. The molecule has 14 heteroatoms. The van der Waals surface area contributed by atoms with E-state index in [2.05, 4.69) is 20.4 Å². The monoisotopic (exact) mass is 712 g/mol. The Labute approximate surface area is 288 Å². The largest absolute Gasteiger partial charge is 0.484 e. The number of ether oxygens (including phenoxy) is 2. The first-order valence-corrected chi connectivity index (χ1v) is 16.0. The summed E-state index contributed by atoms with van der Waals surface area (Å²) in [5, 5.41) is 18.7. The molecule has 4 heterocycles. The van der Waals surface area contributed by atoms with Crippen LogP contribution in [0.15, 0.2) is 93.0 Å². The molecular formula is C33H24Cl4N4O6. The van der Waals surface area contributed by atoms with Crippen LogP contribution in [-0.4, -0.2) is 20.4 Å². The van der Waals surface area contributed by atoms with Gasteiger partial charge < -0.3 is 27.1 Å². The van der Waals surface area contributed by atoms with Gasteiger partial charge in [-0.2, -0.15) is 0 Å². The number of aromatic nitrogens is 4. The van der Waals surface area contributed by atoms with Gasteiger partial charge in [-0.15, -0.1) is 20.4 Å². The second-order valence-corrected chi connectivity index (χ2v) is 12.5. The van der Waals surface area contributed by atoms with E-state index in [0.29, 0.717) is 56.7 Å². The average molecular weight is 714 g/mol. The summed E-state index contributed by atoms with van der Waals surface area (Å²) in [6.07, 6.45) is 6.64. The van der Waals surface area contributed by atoms with Gasteiger partial charge in [0.25, 0.3) is 23.6 Å². The second kappa shape index (κ2) is 13.5. The minimum Gasteiger partial charge on any atom is -0.484 e. The van der Waals surface area contributed by atoms with E-state index in [0.717, 1.165) is 40.4 Å². The molecule has 240 valence electrons. The van der Waals surface area contributed by atoms with Crippen LogP contribution in [0.5, 0.6) is 11.5 Å². The van der Waals surface area contributed by atoms with Crippen molar-refractivity contribution >= 4 is 57.5 Å². The fraction of sp³-hybridized carbons (Fsp3) is 0.212. The number of halogens is 4. The highest BCUT2D eigenvalue weighted by Gasteiger charge is 2.20. The number of hydrogen-bond donors (Lipinski definition) is 0. The lowest BCUT2D eigenvalue weighted by atomic mass is 9.97. The molecular weight excluding hydrogens is 690 g/mol. The van der Waals surface area contributed by atoms with Gasteiger partial charge in [0.2, 0.25) is 0 Å². The lowest BCUT2D eigenvalue weighted by Gasteiger charge is -2.12. The van der Waals surface area contributed by atoms with Crippen molar-refractivity contribution in [1.29, 1.82) is 0 Å². The van der Waals surface area contributed by atoms with Crippen LogP contribution in [0.3, 0.4) is 0 Å². The second-order valence-electron chi connectivity index (χ2n) is 10.7. The van der Waals surface area contributed by atoms with Gasteiger partial charge in [-0.3, -0.25) is 0 Å². The number of benzene rings is 1.